The molecule has 0 N–H and O–H groups in total. The first-order chi connectivity index (χ1) is 9.63. The number of thioether (sulfide) groups is 1. The van der Waals surface area contributed by atoms with Gasteiger partial charge in [0, 0.05) is 17.4 Å². The number of nitrogens with zero attached hydrogens (tertiary/aromatic N) is 2. The van der Waals surface area contributed by atoms with E-state index in [4.69, 9.17) is 11.6 Å². The molecule has 0 saturated heterocycles. The maximum absolute atomic E-state index is 13.8. The highest BCUT2D eigenvalue weighted by molar-refractivity contribution is 7.99. The van der Waals surface area contributed by atoms with E-state index in [2.05, 4.69) is 11.2 Å². The molecule has 2 atom stereocenters. The number of hydrogen-bond acceptors (Lipinski definition) is 2. The first-order valence-corrected chi connectivity index (χ1v) is 8.41. The van der Waals surface area contributed by atoms with Crippen LogP contribution in [0.5, 0.6) is 0 Å². The second kappa shape index (κ2) is 5.53. The summed E-state index contributed by atoms with van der Waals surface area (Å²) >= 11 is 7.78. The molecule has 1 heterocycles. The Hall–Kier alpha value is -0.810. The van der Waals surface area contributed by atoms with Gasteiger partial charge in [-0.2, -0.15) is 11.8 Å². The Kier molecular flexibility index (Phi) is 3.91. The number of hydrogen-bond donors (Lipinski definition) is 0. The normalized spacial score (nSPS) is 22.8. The van der Waals surface area contributed by atoms with Gasteiger partial charge in [0.2, 0.25) is 0 Å². The summed E-state index contributed by atoms with van der Waals surface area (Å²) in [5, 5.41) is 0.596. The first-order valence-electron chi connectivity index (χ1n) is 6.58. The number of halogens is 3. The number of benzene rings is 1. The fraction of sp³-hybridized carbons (Fsp3) is 0.500. The molecule has 0 radical (unpaired) electrons. The molecular formula is C14H15ClF2N2S. The summed E-state index contributed by atoms with van der Waals surface area (Å²) < 4.78 is 29.3. The summed E-state index contributed by atoms with van der Waals surface area (Å²) in [7, 11) is 0. The average Bonchev–Trinajstić information content (AvgIpc) is 3.01. The fourth-order valence-corrected chi connectivity index (χ4v) is 4.01. The number of imidazole rings is 1. The lowest BCUT2D eigenvalue weighted by Gasteiger charge is -2.16. The second-order valence-corrected chi connectivity index (χ2v) is 6.52. The SMILES string of the molecule is CSC1CCC(n2c(CCl)nc3c(F)cc(F)cc32)C1. The van der Waals surface area contributed by atoms with Gasteiger partial charge in [-0.05, 0) is 31.6 Å². The van der Waals surface area contributed by atoms with Gasteiger partial charge in [0.05, 0.1) is 11.4 Å². The van der Waals surface area contributed by atoms with E-state index in [1.807, 2.05) is 16.3 Å². The predicted molar refractivity (Wildman–Crippen MR) is 79.4 cm³/mol. The number of alkyl halides is 1. The zero-order chi connectivity index (χ0) is 14.3. The maximum atomic E-state index is 13.8. The minimum absolute atomic E-state index is 0.205. The van der Waals surface area contributed by atoms with Crippen molar-refractivity contribution in [1.29, 1.82) is 0 Å². The Morgan fingerprint density at radius 3 is 2.85 bits per heavy atom. The van der Waals surface area contributed by atoms with E-state index < -0.39 is 11.6 Å². The van der Waals surface area contributed by atoms with Gasteiger partial charge in [0.25, 0.3) is 0 Å². The summed E-state index contributed by atoms with van der Waals surface area (Å²) in [5.41, 5.74) is 0.736. The molecule has 1 aliphatic carbocycles. The van der Waals surface area contributed by atoms with Crippen molar-refractivity contribution < 1.29 is 8.78 Å². The molecule has 6 heteroatoms. The molecule has 108 valence electrons. The van der Waals surface area contributed by atoms with Crippen molar-refractivity contribution in [2.24, 2.45) is 0 Å². The van der Waals surface area contributed by atoms with Gasteiger partial charge < -0.3 is 4.57 Å². The molecule has 1 fully saturated rings. The molecule has 0 amide bonds. The Balaban J connectivity index is 2.13. The molecule has 20 heavy (non-hydrogen) atoms. The maximum Gasteiger partial charge on any atom is 0.153 e. The molecule has 1 saturated carbocycles. The predicted octanol–water partition coefficient (Wildman–Crippen LogP) is 4.51. The van der Waals surface area contributed by atoms with Crippen molar-refractivity contribution in [2.45, 2.75) is 36.4 Å². The van der Waals surface area contributed by atoms with Crippen molar-refractivity contribution in [1.82, 2.24) is 9.55 Å². The zero-order valence-electron chi connectivity index (χ0n) is 11.1. The molecule has 1 aromatic carbocycles. The third-order valence-corrected chi connectivity index (χ3v) is 5.30. The molecule has 0 bridgehead atoms. The van der Waals surface area contributed by atoms with Crippen molar-refractivity contribution in [3.8, 4) is 0 Å². The van der Waals surface area contributed by atoms with Crippen LogP contribution in [-0.2, 0) is 5.88 Å². The smallest absolute Gasteiger partial charge is 0.153 e. The summed E-state index contributed by atoms with van der Waals surface area (Å²) in [6, 6.07) is 2.46. The van der Waals surface area contributed by atoms with Crippen molar-refractivity contribution >= 4 is 34.4 Å². The quantitative estimate of drug-likeness (QED) is 0.775. The van der Waals surface area contributed by atoms with Crippen LogP contribution >= 0.6 is 23.4 Å². The third-order valence-electron chi connectivity index (χ3n) is 3.96. The van der Waals surface area contributed by atoms with E-state index in [-0.39, 0.29) is 17.4 Å². The highest BCUT2D eigenvalue weighted by Gasteiger charge is 2.29. The largest absolute Gasteiger partial charge is 0.324 e. The van der Waals surface area contributed by atoms with Crippen LogP contribution in [0.3, 0.4) is 0 Å². The molecule has 1 aromatic heterocycles. The van der Waals surface area contributed by atoms with E-state index in [9.17, 15) is 8.78 Å². The molecule has 0 spiro atoms. The van der Waals surface area contributed by atoms with Crippen LogP contribution in [0.1, 0.15) is 31.1 Å². The molecular weight excluding hydrogens is 302 g/mol. The Bertz CT molecular complexity index is 644. The fourth-order valence-electron chi connectivity index (χ4n) is 3.04. The highest BCUT2D eigenvalue weighted by Crippen LogP contribution is 2.39. The van der Waals surface area contributed by atoms with Crippen molar-refractivity contribution in [3.63, 3.8) is 0 Å². The molecule has 2 unspecified atom stereocenters. The Labute approximate surface area is 125 Å². The zero-order valence-corrected chi connectivity index (χ0v) is 12.6. The van der Waals surface area contributed by atoms with Crippen LogP contribution in [0.4, 0.5) is 8.78 Å². The molecule has 2 aromatic rings. The van der Waals surface area contributed by atoms with Crippen LogP contribution in [0.15, 0.2) is 12.1 Å². The van der Waals surface area contributed by atoms with Gasteiger partial charge in [-0.25, -0.2) is 13.8 Å². The lowest BCUT2D eigenvalue weighted by Crippen LogP contribution is -2.09. The lowest BCUT2D eigenvalue weighted by atomic mass is 10.2. The number of rotatable bonds is 3. The van der Waals surface area contributed by atoms with Crippen LogP contribution in [0.25, 0.3) is 11.0 Å². The topological polar surface area (TPSA) is 17.8 Å². The number of aromatic nitrogens is 2. The van der Waals surface area contributed by atoms with E-state index >= 15 is 0 Å². The monoisotopic (exact) mass is 316 g/mol. The molecule has 1 aliphatic rings. The summed E-state index contributed by atoms with van der Waals surface area (Å²) in [4.78, 5) is 4.25. The Morgan fingerprint density at radius 2 is 2.20 bits per heavy atom. The van der Waals surface area contributed by atoms with Gasteiger partial charge in [-0.3, -0.25) is 0 Å². The van der Waals surface area contributed by atoms with Gasteiger partial charge in [0.15, 0.2) is 5.82 Å². The van der Waals surface area contributed by atoms with E-state index in [1.165, 1.54) is 6.07 Å². The first kappa shape index (κ1) is 14.1. The molecule has 2 nitrogen and oxygen atoms in total. The average molecular weight is 317 g/mol. The molecule has 3 rings (SSSR count). The van der Waals surface area contributed by atoms with Gasteiger partial charge in [0.1, 0.15) is 17.2 Å². The van der Waals surface area contributed by atoms with Crippen LogP contribution in [0.2, 0.25) is 0 Å². The van der Waals surface area contributed by atoms with Crippen molar-refractivity contribution in [2.75, 3.05) is 6.26 Å². The van der Waals surface area contributed by atoms with Gasteiger partial charge in [-0.1, -0.05) is 0 Å². The number of fused-ring (bicyclic) bond motifs is 1. The van der Waals surface area contributed by atoms with E-state index in [0.717, 1.165) is 25.3 Å². The third kappa shape index (κ3) is 2.31. The van der Waals surface area contributed by atoms with Crippen molar-refractivity contribution in [3.05, 3.63) is 29.6 Å². The Morgan fingerprint density at radius 1 is 1.40 bits per heavy atom. The van der Waals surface area contributed by atoms with Crippen LogP contribution < -0.4 is 0 Å². The van der Waals surface area contributed by atoms with E-state index in [1.54, 1.807) is 0 Å². The summed E-state index contributed by atoms with van der Waals surface area (Å²) in [5.74, 6) is -0.366. The standard InChI is InChI=1S/C14H15ClF2N2S/c1-20-10-3-2-9(6-10)19-12-5-8(16)4-11(17)14(12)18-13(19)7-15/h4-5,9-10H,2-3,6-7H2,1H3. The second-order valence-electron chi connectivity index (χ2n) is 5.11. The van der Waals surface area contributed by atoms with Gasteiger partial charge in [-0.15, -0.1) is 11.6 Å². The van der Waals surface area contributed by atoms with Gasteiger partial charge >= 0.3 is 0 Å². The van der Waals surface area contributed by atoms with E-state index in [0.29, 0.717) is 16.6 Å². The highest BCUT2D eigenvalue weighted by atomic mass is 35.5. The summed E-state index contributed by atoms with van der Waals surface area (Å²) in [6.45, 7) is 0. The minimum Gasteiger partial charge on any atom is -0.324 e. The minimum atomic E-state index is -0.621. The lowest BCUT2D eigenvalue weighted by molar-refractivity contribution is 0.518. The van der Waals surface area contributed by atoms with Crippen LogP contribution in [-0.4, -0.2) is 21.1 Å². The molecule has 0 aliphatic heterocycles. The van der Waals surface area contributed by atoms with Crippen LogP contribution in [0, 0.1) is 11.6 Å². The summed E-state index contributed by atoms with van der Waals surface area (Å²) in [6.07, 6.45) is 5.21.